The van der Waals surface area contributed by atoms with Crippen LogP contribution in [-0.2, 0) is 11.2 Å². The average molecular weight is 470 g/mol. The molecule has 6 heteroatoms. The zero-order valence-corrected chi connectivity index (χ0v) is 20.5. The van der Waals surface area contributed by atoms with Crippen LogP contribution in [0, 0.1) is 0 Å². The third-order valence-corrected chi connectivity index (χ3v) is 6.14. The number of benzene rings is 3. The molecule has 1 unspecified atom stereocenters. The van der Waals surface area contributed by atoms with Crippen LogP contribution in [0.4, 0.5) is 0 Å². The molecule has 0 bridgehead atoms. The Morgan fingerprint density at radius 3 is 2.34 bits per heavy atom. The highest BCUT2D eigenvalue weighted by Crippen LogP contribution is 2.24. The van der Waals surface area contributed by atoms with Crippen molar-refractivity contribution in [1.82, 2.24) is 14.5 Å². The van der Waals surface area contributed by atoms with Gasteiger partial charge in [-0.15, -0.1) is 0 Å². The Morgan fingerprint density at radius 2 is 1.66 bits per heavy atom. The Morgan fingerprint density at radius 1 is 0.971 bits per heavy atom. The molecule has 0 radical (unpaired) electrons. The standard InChI is InChI=1S/C29H31N3O3/c1-4-19-31(27(33)20-35-24-11-7-6-8-12-24)21(3)28-30-26-14-10-9-13-25(26)29(34)32(28)23-17-15-22(5-2)16-18-23/h6-18,21H,4-5,19-20H2,1-3H3. The highest BCUT2D eigenvalue weighted by molar-refractivity contribution is 5.79. The van der Waals surface area contributed by atoms with E-state index in [0.717, 1.165) is 18.5 Å². The number of aromatic nitrogens is 2. The number of nitrogens with zero attached hydrogens (tertiary/aromatic N) is 3. The molecule has 0 saturated carbocycles. The number of fused-ring (bicyclic) bond motifs is 1. The van der Waals surface area contributed by atoms with Crippen molar-refractivity contribution in [2.75, 3.05) is 13.2 Å². The third kappa shape index (κ3) is 5.27. The van der Waals surface area contributed by atoms with Crippen LogP contribution in [0.2, 0.25) is 0 Å². The third-order valence-electron chi connectivity index (χ3n) is 6.14. The van der Waals surface area contributed by atoms with Crippen molar-refractivity contribution < 1.29 is 9.53 Å². The van der Waals surface area contributed by atoms with E-state index in [1.165, 1.54) is 5.56 Å². The van der Waals surface area contributed by atoms with Gasteiger partial charge in [0.25, 0.3) is 11.5 Å². The number of hydrogen-bond donors (Lipinski definition) is 0. The summed E-state index contributed by atoms with van der Waals surface area (Å²) < 4.78 is 7.37. The fourth-order valence-corrected chi connectivity index (χ4v) is 4.22. The molecular formula is C29H31N3O3. The monoisotopic (exact) mass is 469 g/mol. The number of hydrogen-bond acceptors (Lipinski definition) is 4. The van der Waals surface area contributed by atoms with Crippen molar-refractivity contribution in [3.8, 4) is 11.4 Å². The first-order valence-corrected chi connectivity index (χ1v) is 12.1. The van der Waals surface area contributed by atoms with Gasteiger partial charge >= 0.3 is 0 Å². The fourth-order valence-electron chi connectivity index (χ4n) is 4.22. The van der Waals surface area contributed by atoms with Gasteiger partial charge in [0, 0.05) is 6.54 Å². The highest BCUT2D eigenvalue weighted by atomic mass is 16.5. The van der Waals surface area contributed by atoms with E-state index in [4.69, 9.17) is 9.72 Å². The van der Waals surface area contributed by atoms with Crippen LogP contribution >= 0.6 is 0 Å². The second-order valence-electron chi connectivity index (χ2n) is 8.51. The Labute approximate surface area is 205 Å². The Bertz CT molecular complexity index is 1350. The molecule has 0 saturated heterocycles. The molecule has 6 nitrogen and oxygen atoms in total. The largest absolute Gasteiger partial charge is 0.484 e. The molecule has 1 atom stereocenters. The van der Waals surface area contributed by atoms with Gasteiger partial charge in [0.1, 0.15) is 11.6 Å². The molecular weight excluding hydrogens is 438 g/mol. The zero-order chi connectivity index (χ0) is 24.8. The summed E-state index contributed by atoms with van der Waals surface area (Å²) in [5, 5.41) is 0.545. The molecule has 4 rings (SSSR count). The zero-order valence-electron chi connectivity index (χ0n) is 20.5. The molecule has 4 aromatic rings. The first-order valence-electron chi connectivity index (χ1n) is 12.1. The van der Waals surface area contributed by atoms with Gasteiger partial charge in [-0.1, -0.05) is 56.3 Å². The highest BCUT2D eigenvalue weighted by Gasteiger charge is 2.26. The van der Waals surface area contributed by atoms with Crippen molar-refractivity contribution in [2.45, 2.75) is 39.7 Å². The van der Waals surface area contributed by atoms with E-state index in [1.807, 2.05) is 86.6 Å². The molecule has 35 heavy (non-hydrogen) atoms. The van der Waals surface area contributed by atoms with Gasteiger partial charge in [-0.2, -0.15) is 0 Å². The van der Waals surface area contributed by atoms with Crippen LogP contribution in [-0.4, -0.2) is 33.5 Å². The first kappa shape index (κ1) is 24.2. The molecule has 0 spiro atoms. The van der Waals surface area contributed by atoms with Gasteiger partial charge in [0.15, 0.2) is 6.61 Å². The quantitative estimate of drug-likeness (QED) is 0.333. The molecule has 3 aromatic carbocycles. The summed E-state index contributed by atoms with van der Waals surface area (Å²) in [6.45, 7) is 6.48. The van der Waals surface area contributed by atoms with E-state index in [1.54, 1.807) is 15.5 Å². The lowest BCUT2D eigenvalue weighted by atomic mass is 10.1. The van der Waals surface area contributed by atoms with E-state index < -0.39 is 6.04 Å². The van der Waals surface area contributed by atoms with Crippen LogP contribution in [0.25, 0.3) is 16.6 Å². The van der Waals surface area contributed by atoms with Crippen LogP contribution in [0.1, 0.15) is 44.6 Å². The smallest absolute Gasteiger partial charge is 0.266 e. The Hall–Kier alpha value is -3.93. The van der Waals surface area contributed by atoms with E-state index in [2.05, 4.69) is 6.92 Å². The van der Waals surface area contributed by atoms with E-state index in [-0.39, 0.29) is 18.1 Å². The topological polar surface area (TPSA) is 64.4 Å². The molecule has 0 N–H and O–H groups in total. The fraction of sp³-hybridized carbons (Fsp3) is 0.276. The summed E-state index contributed by atoms with van der Waals surface area (Å²) in [7, 11) is 0. The van der Waals surface area contributed by atoms with E-state index >= 15 is 0 Å². The van der Waals surface area contributed by atoms with Crippen molar-refractivity contribution in [2.24, 2.45) is 0 Å². The molecule has 0 aliphatic rings. The van der Waals surface area contributed by atoms with Crippen molar-refractivity contribution in [3.05, 3.63) is 101 Å². The predicted octanol–water partition coefficient (Wildman–Crippen LogP) is 5.33. The van der Waals surface area contributed by atoms with E-state index in [9.17, 15) is 9.59 Å². The Balaban J connectivity index is 1.76. The van der Waals surface area contributed by atoms with Gasteiger partial charge < -0.3 is 9.64 Å². The minimum absolute atomic E-state index is 0.0859. The SMILES string of the molecule is CCCN(C(=O)COc1ccccc1)C(C)c1nc2ccccc2c(=O)n1-c1ccc(CC)cc1. The number of aryl methyl sites for hydroxylation is 1. The molecule has 0 aliphatic carbocycles. The van der Waals surface area contributed by atoms with Crippen molar-refractivity contribution in [3.63, 3.8) is 0 Å². The summed E-state index contributed by atoms with van der Waals surface area (Å²) in [6.07, 6.45) is 1.68. The van der Waals surface area contributed by atoms with Gasteiger partial charge in [0.2, 0.25) is 0 Å². The number of rotatable bonds is 9. The second kappa shape index (κ2) is 11.0. The minimum Gasteiger partial charge on any atom is -0.484 e. The van der Waals surface area contributed by atoms with Crippen molar-refractivity contribution >= 4 is 16.8 Å². The maximum Gasteiger partial charge on any atom is 0.266 e. The van der Waals surface area contributed by atoms with Crippen molar-refractivity contribution in [1.29, 1.82) is 0 Å². The van der Waals surface area contributed by atoms with Crippen LogP contribution in [0.15, 0.2) is 83.7 Å². The minimum atomic E-state index is -0.440. The number of para-hydroxylation sites is 2. The molecule has 0 fully saturated rings. The number of ether oxygens (including phenoxy) is 1. The summed E-state index contributed by atoms with van der Waals surface area (Å²) >= 11 is 0. The van der Waals surface area contributed by atoms with Crippen LogP contribution < -0.4 is 10.3 Å². The van der Waals surface area contributed by atoms with Crippen LogP contribution in [0.3, 0.4) is 0 Å². The lowest BCUT2D eigenvalue weighted by molar-refractivity contribution is -0.135. The van der Waals surface area contributed by atoms with Crippen LogP contribution in [0.5, 0.6) is 5.75 Å². The Kier molecular flexibility index (Phi) is 7.60. The number of amides is 1. The lowest BCUT2D eigenvalue weighted by Gasteiger charge is -2.30. The molecule has 0 aliphatic heterocycles. The second-order valence-corrected chi connectivity index (χ2v) is 8.51. The summed E-state index contributed by atoms with van der Waals surface area (Å²) in [5.74, 6) is 1.01. The van der Waals surface area contributed by atoms with Gasteiger partial charge in [-0.3, -0.25) is 14.2 Å². The molecule has 1 heterocycles. The molecule has 1 amide bonds. The summed E-state index contributed by atoms with van der Waals surface area (Å²) in [4.78, 5) is 33.6. The van der Waals surface area contributed by atoms with Gasteiger partial charge in [-0.25, -0.2) is 4.98 Å². The first-order chi connectivity index (χ1) is 17.0. The maximum absolute atomic E-state index is 13.7. The number of carbonyl (C=O) groups is 1. The maximum atomic E-state index is 13.7. The normalized spacial score (nSPS) is 11.9. The van der Waals surface area contributed by atoms with E-state index in [0.29, 0.717) is 29.0 Å². The summed E-state index contributed by atoms with van der Waals surface area (Å²) in [6, 6.07) is 24.1. The van der Waals surface area contributed by atoms with Gasteiger partial charge in [-0.05, 0) is 61.7 Å². The molecule has 180 valence electrons. The number of carbonyl (C=O) groups excluding carboxylic acids is 1. The molecule has 1 aromatic heterocycles. The average Bonchev–Trinajstić information content (AvgIpc) is 2.90. The lowest BCUT2D eigenvalue weighted by Crippen LogP contribution is -2.40. The summed E-state index contributed by atoms with van der Waals surface area (Å²) in [5.41, 5.74) is 2.39. The van der Waals surface area contributed by atoms with Gasteiger partial charge in [0.05, 0.1) is 22.6 Å². The predicted molar refractivity (Wildman–Crippen MR) is 139 cm³/mol.